The SMILES string of the molecule is Cc1cccc(NC(=O)Cn2[nH]c(=O)ccc2=O)c1. The molecule has 0 fully saturated rings. The predicted octanol–water partition coefficient (Wildman–Crippen LogP) is 0.484. The normalized spacial score (nSPS) is 10.2. The van der Waals surface area contributed by atoms with Crippen molar-refractivity contribution in [3.63, 3.8) is 0 Å². The molecule has 0 saturated heterocycles. The van der Waals surface area contributed by atoms with Crippen LogP contribution in [-0.4, -0.2) is 15.7 Å². The molecule has 0 spiro atoms. The van der Waals surface area contributed by atoms with Gasteiger partial charge < -0.3 is 5.32 Å². The van der Waals surface area contributed by atoms with Crippen LogP contribution in [0.5, 0.6) is 0 Å². The lowest BCUT2D eigenvalue weighted by molar-refractivity contribution is -0.117. The van der Waals surface area contributed by atoms with E-state index >= 15 is 0 Å². The third kappa shape index (κ3) is 3.41. The van der Waals surface area contributed by atoms with Crippen molar-refractivity contribution >= 4 is 11.6 Å². The van der Waals surface area contributed by atoms with Gasteiger partial charge in [0.15, 0.2) is 0 Å². The van der Waals surface area contributed by atoms with Crippen LogP contribution in [0.25, 0.3) is 0 Å². The summed E-state index contributed by atoms with van der Waals surface area (Å²) >= 11 is 0. The summed E-state index contributed by atoms with van der Waals surface area (Å²) in [7, 11) is 0. The highest BCUT2D eigenvalue weighted by atomic mass is 16.2. The fraction of sp³-hybridized carbons (Fsp3) is 0.154. The first-order valence-electron chi connectivity index (χ1n) is 5.71. The molecule has 1 heterocycles. The van der Waals surface area contributed by atoms with E-state index in [4.69, 9.17) is 0 Å². The number of benzene rings is 1. The molecule has 6 heteroatoms. The summed E-state index contributed by atoms with van der Waals surface area (Å²) in [6.45, 7) is 1.68. The van der Waals surface area contributed by atoms with Gasteiger partial charge in [0.25, 0.3) is 11.1 Å². The van der Waals surface area contributed by atoms with Gasteiger partial charge in [0.05, 0.1) is 0 Å². The van der Waals surface area contributed by atoms with Gasteiger partial charge in [-0.25, -0.2) is 4.68 Å². The molecule has 1 aromatic carbocycles. The summed E-state index contributed by atoms with van der Waals surface area (Å²) in [5.74, 6) is -0.380. The molecule has 98 valence electrons. The minimum atomic E-state index is -0.431. The van der Waals surface area contributed by atoms with E-state index in [0.717, 1.165) is 22.4 Å². The van der Waals surface area contributed by atoms with E-state index in [-0.39, 0.29) is 12.5 Å². The smallest absolute Gasteiger partial charge is 0.265 e. The summed E-state index contributed by atoms with van der Waals surface area (Å²) in [4.78, 5) is 34.3. The van der Waals surface area contributed by atoms with E-state index in [9.17, 15) is 14.4 Å². The molecule has 6 nitrogen and oxygen atoms in total. The minimum absolute atomic E-state index is 0.233. The maximum absolute atomic E-state index is 11.8. The van der Waals surface area contributed by atoms with Gasteiger partial charge in [0.2, 0.25) is 5.91 Å². The molecule has 0 aliphatic carbocycles. The molecule has 0 aliphatic heterocycles. The van der Waals surface area contributed by atoms with Crippen LogP contribution < -0.4 is 16.4 Å². The molecule has 2 aromatic rings. The lowest BCUT2D eigenvalue weighted by atomic mass is 10.2. The van der Waals surface area contributed by atoms with Crippen LogP contribution >= 0.6 is 0 Å². The van der Waals surface area contributed by atoms with Crippen LogP contribution in [0.4, 0.5) is 5.69 Å². The molecule has 1 amide bonds. The molecule has 0 radical (unpaired) electrons. The molecule has 0 bridgehead atoms. The summed E-state index contributed by atoms with van der Waals surface area (Å²) in [5.41, 5.74) is 0.807. The third-order valence-electron chi connectivity index (χ3n) is 2.49. The van der Waals surface area contributed by atoms with Crippen LogP contribution in [0.3, 0.4) is 0 Å². The number of aromatic amines is 1. The monoisotopic (exact) mass is 259 g/mol. The first-order chi connectivity index (χ1) is 9.04. The number of hydrogen-bond donors (Lipinski definition) is 2. The van der Waals surface area contributed by atoms with Crippen LogP contribution in [0.2, 0.25) is 0 Å². The number of aromatic nitrogens is 2. The lowest BCUT2D eigenvalue weighted by Gasteiger charge is -2.07. The number of nitrogens with zero attached hydrogens (tertiary/aromatic N) is 1. The molecule has 2 rings (SSSR count). The van der Waals surface area contributed by atoms with E-state index < -0.39 is 11.1 Å². The number of amides is 1. The van der Waals surface area contributed by atoms with Gasteiger partial charge in [-0.1, -0.05) is 12.1 Å². The summed E-state index contributed by atoms with van der Waals surface area (Å²) < 4.78 is 0.966. The van der Waals surface area contributed by atoms with Crippen molar-refractivity contribution in [3.8, 4) is 0 Å². The second-order valence-corrected chi connectivity index (χ2v) is 4.15. The number of carbonyl (C=O) groups excluding carboxylic acids is 1. The number of aryl methyl sites for hydroxylation is 1. The number of H-pyrrole nitrogens is 1. The molecular formula is C13H13N3O3. The number of nitrogens with one attached hydrogen (secondary N) is 2. The van der Waals surface area contributed by atoms with Gasteiger partial charge in [0, 0.05) is 17.8 Å². The second-order valence-electron chi connectivity index (χ2n) is 4.15. The Morgan fingerprint density at radius 3 is 2.79 bits per heavy atom. The fourth-order valence-electron chi connectivity index (χ4n) is 1.65. The van der Waals surface area contributed by atoms with E-state index in [1.165, 1.54) is 0 Å². The Labute approximate surface area is 108 Å². The van der Waals surface area contributed by atoms with Crippen LogP contribution in [0.15, 0.2) is 46.0 Å². The quantitative estimate of drug-likeness (QED) is 0.841. The second kappa shape index (κ2) is 5.34. The Balaban J connectivity index is 2.12. The summed E-state index contributed by atoms with van der Waals surface area (Å²) in [6.07, 6.45) is 0. The first-order valence-corrected chi connectivity index (χ1v) is 5.71. The van der Waals surface area contributed by atoms with Gasteiger partial charge in [-0.2, -0.15) is 0 Å². The average Bonchev–Trinajstić information content (AvgIpc) is 2.34. The molecule has 0 aliphatic rings. The zero-order valence-corrected chi connectivity index (χ0v) is 10.3. The topological polar surface area (TPSA) is 84.0 Å². The molecule has 0 saturated carbocycles. The largest absolute Gasteiger partial charge is 0.324 e. The Bertz CT molecular complexity index is 715. The van der Waals surface area contributed by atoms with Crippen molar-refractivity contribution < 1.29 is 4.79 Å². The Kier molecular flexibility index (Phi) is 3.61. The first kappa shape index (κ1) is 12.8. The third-order valence-corrected chi connectivity index (χ3v) is 2.49. The van der Waals surface area contributed by atoms with Gasteiger partial charge in [0.1, 0.15) is 6.54 Å². The highest BCUT2D eigenvalue weighted by Gasteiger charge is 2.05. The van der Waals surface area contributed by atoms with Crippen LogP contribution in [0.1, 0.15) is 5.56 Å². The molecule has 2 N–H and O–H groups in total. The maximum atomic E-state index is 11.8. The zero-order chi connectivity index (χ0) is 13.8. The van der Waals surface area contributed by atoms with Gasteiger partial charge in [-0.3, -0.25) is 19.5 Å². The number of rotatable bonds is 3. The standard InChI is InChI=1S/C13H13N3O3/c1-9-3-2-4-10(7-9)14-12(18)8-16-13(19)6-5-11(17)15-16/h2-7H,8H2,1H3,(H,14,18)(H,15,17). The van der Waals surface area contributed by atoms with Gasteiger partial charge in [-0.05, 0) is 24.6 Å². The number of anilines is 1. The van der Waals surface area contributed by atoms with Crippen molar-refractivity contribution in [2.75, 3.05) is 5.32 Å². The van der Waals surface area contributed by atoms with E-state index in [1.54, 1.807) is 6.07 Å². The highest BCUT2D eigenvalue weighted by molar-refractivity contribution is 5.90. The Hall–Kier alpha value is -2.63. The number of carbonyl (C=O) groups is 1. The van der Waals surface area contributed by atoms with Crippen LogP contribution in [-0.2, 0) is 11.3 Å². The lowest BCUT2D eigenvalue weighted by Crippen LogP contribution is -2.32. The highest BCUT2D eigenvalue weighted by Crippen LogP contribution is 2.09. The maximum Gasteiger partial charge on any atom is 0.265 e. The molecule has 1 aromatic heterocycles. The molecule has 19 heavy (non-hydrogen) atoms. The summed E-state index contributed by atoms with van der Waals surface area (Å²) in [5, 5.41) is 4.95. The minimum Gasteiger partial charge on any atom is -0.324 e. The van der Waals surface area contributed by atoms with Crippen molar-refractivity contribution in [1.29, 1.82) is 0 Å². The van der Waals surface area contributed by atoms with Crippen molar-refractivity contribution in [2.45, 2.75) is 13.5 Å². The van der Waals surface area contributed by atoms with Crippen molar-refractivity contribution in [3.05, 3.63) is 62.7 Å². The van der Waals surface area contributed by atoms with Crippen molar-refractivity contribution in [2.24, 2.45) is 0 Å². The zero-order valence-electron chi connectivity index (χ0n) is 10.3. The predicted molar refractivity (Wildman–Crippen MR) is 71.1 cm³/mol. The van der Waals surface area contributed by atoms with E-state index in [0.29, 0.717) is 5.69 Å². The molecular weight excluding hydrogens is 246 g/mol. The van der Waals surface area contributed by atoms with E-state index in [2.05, 4.69) is 10.4 Å². The van der Waals surface area contributed by atoms with Gasteiger partial charge >= 0.3 is 0 Å². The Morgan fingerprint density at radius 2 is 2.05 bits per heavy atom. The fourth-order valence-corrected chi connectivity index (χ4v) is 1.65. The number of hydrogen-bond acceptors (Lipinski definition) is 3. The average molecular weight is 259 g/mol. The Morgan fingerprint density at radius 1 is 1.26 bits per heavy atom. The molecule has 0 unspecified atom stereocenters. The van der Waals surface area contributed by atoms with Crippen LogP contribution in [0, 0.1) is 6.92 Å². The molecule has 0 atom stereocenters. The van der Waals surface area contributed by atoms with Gasteiger partial charge in [-0.15, -0.1) is 0 Å². The van der Waals surface area contributed by atoms with E-state index in [1.807, 2.05) is 25.1 Å². The summed E-state index contributed by atoms with van der Waals surface area (Å²) in [6, 6.07) is 9.54. The van der Waals surface area contributed by atoms with Crippen molar-refractivity contribution in [1.82, 2.24) is 9.78 Å².